The molecule has 0 spiro atoms. The number of halogens is 2. The second kappa shape index (κ2) is 9.25. The molecule has 1 N–H and O–H groups in total. The van der Waals surface area contributed by atoms with Crippen molar-refractivity contribution in [3.05, 3.63) is 29.8 Å². The van der Waals surface area contributed by atoms with Gasteiger partial charge in [-0.2, -0.15) is 0 Å². The molecule has 1 heterocycles. The standard InChI is InChI=1S/C19H29F2N3O/c1-4-23(5-2)13-15-8-10-24(11-9-15)14(3)19(25)22-18-12-16(20)6-7-17(18)21/h6-7,12,14-15H,4-5,8-11,13H2,1-3H3,(H,22,25). The van der Waals surface area contributed by atoms with Crippen molar-refractivity contribution in [3.63, 3.8) is 0 Å². The number of carbonyl (C=O) groups excluding carboxylic acids is 1. The summed E-state index contributed by atoms with van der Waals surface area (Å²) >= 11 is 0. The SMILES string of the molecule is CCN(CC)CC1CCN(C(C)C(=O)Nc2cc(F)ccc2F)CC1. The van der Waals surface area contributed by atoms with Gasteiger partial charge in [-0.25, -0.2) is 8.78 Å². The first-order chi connectivity index (χ1) is 11.9. The van der Waals surface area contributed by atoms with Crippen molar-refractivity contribution >= 4 is 11.6 Å². The molecular formula is C19H29F2N3O. The summed E-state index contributed by atoms with van der Waals surface area (Å²) in [7, 11) is 0. The molecule has 6 heteroatoms. The molecule has 1 aliphatic heterocycles. The summed E-state index contributed by atoms with van der Waals surface area (Å²) in [5.41, 5.74) is -0.103. The average Bonchev–Trinajstić information content (AvgIpc) is 2.62. The van der Waals surface area contributed by atoms with E-state index in [-0.39, 0.29) is 17.6 Å². The molecule has 140 valence electrons. The van der Waals surface area contributed by atoms with Crippen LogP contribution >= 0.6 is 0 Å². The Morgan fingerprint density at radius 2 is 1.92 bits per heavy atom. The molecule has 1 saturated heterocycles. The van der Waals surface area contributed by atoms with Gasteiger partial charge in [-0.3, -0.25) is 9.69 Å². The van der Waals surface area contributed by atoms with Crippen molar-refractivity contribution in [1.82, 2.24) is 9.80 Å². The second-order valence-electron chi connectivity index (χ2n) is 6.75. The monoisotopic (exact) mass is 353 g/mol. The minimum atomic E-state index is -0.625. The van der Waals surface area contributed by atoms with Gasteiger partial charge in [-0.05, 0) is 64.0 Å². The van der Waals surface area contributed by atoms with Crippen LogP contribution in [0, 0.1) is 17.6 Å². The number of anilines is 1. The predicted octanol–water partition coefficient (Wildman–Crippen LogP) is 3.35. The largest absolute Gasteiger partial charge is 0.322 e. The van der Waals surface area contributed by atoms with Crippen LogP contribution in [0.15, 0.2) is 18.2 Å². The fraction of sp³-hybridized carbons (Fsp3) is 0.632. The molecule has 2 rings (SSSR count). The lowest BCUT2D eigenvalue weighted by Gasteiger charge is -2.37. The summed E-state index contributed by atoms with van der Waals surface area (Å²) in [4.78, 5) is 16.9. The molecule has 4 nitrogen and oxygen atoms in total. The van der Waals surface area contributed by atoms with Crippen molar-refractivity contribution in [1.29, 1.82) is 0 Å². The summed E-state index contributed by atoms with van der Waals surface area (Å²) in [6, 6.07) is 2.71. The summed E-state index contributed by atoms with van der Waals surface area (Å²) in [5.74, 6) is -0.833. The number of benzene rings is 1. The van der Waals surface area contributed by atoms with E-state index < -0.39 is 11.6 Å². The molecule has 0 saturated carbocycles. The number of likely N-dealkylation sites (tertiary alicyclic amines) is 1. The van der Waals surface area contributed by atoms with Gasteiger partial charge in [-0.15, -0.1) is 0 Å². The van der Waals surface area contributed by atoms with Crippen LogP contribution < -0.4 is 5.32 Å². The van der Waals surface area contributed by atoms with Gasteiger partial charge < -0.3 is 10.2 Å². The van der Waals surface area contributed by atoms with E-state index in [4.69, 9.17) is 0 Å². The van der Waals surface area contributed by atoms with Crippen molar-refractivity contribution in [2.75, 3.05) is 38.0 Å². The van der Waals surface area contributed by atoms with Gasteiger partial charge in [0.1, 0.15) is 11.6 Å². The lowest BCUT2D eigenvalue weighted by atomic mass is 9.95. The average molecular weight is 353 g/mol. The predicted molar refractivity (Wildman–Crippen MR) is 96.5 cm³/mol. The Hall–Kier alpha value is -1.53. The van der Waals surface area contributed by atoms with Crippen molar-refractivity contribution < 1.29 is 13.6 Å². The van der Waals surface area contributed by atoms with E-state index in [0.29, 0.717) is 5.92 Å². The van der Waals surface area contributed by atoms with E-state index in [1.54, 1.807) is 0 Å². The van der Waals surface area contributed by atoms with E-state index in [2.05, 4.69) is 29.0 Å². The Morgan fingerprint density at radius 1 is 1.28 bits per heavy atom. The first kappa shape index (κ1) is 19.8. The highest BCUT2D eigenvalue weighted by molar-refractivity contribution is 5.94. The first-order valence-electron chi connectivity index (χ1n) is 9.16. The van der Waals surface area contributed by atoms with Crippen LogP contribution in [0.5, 0.6) is 0 Å². The van der Waals surface area contributed by atoms with Crippen LogP contribution in [-0.2, 0) is 4.79 Å². The zero-order chi connectivity index (χ0) is 18.4. The third-order valence-corrected chi connectivity index (χ3v) is 5.17. The van der Waals surface area contributed by atoms with E-state index in [9.17, 15) is 13.6 Å². The van der Waals surface area contributed by atoms with Crippen molar-refractivity contribution in [3.8, 4) is 0 Å². The van der Waals surface area contributed by atoms with E-state index in [0.717, 1.165) is 63.8 Å². The van der Waals surface area contributed by atoms with Crippen LogP contribution in [0.4, 0.5) is 14.5 Å². The summed E-state index contributed by atoms with van der Waals surface area (Å²) in [6.45, 7) is 11.1. The van der Waals surface area contributed by atoms with Gasteiger partial charge >= 0.3 is 0 Å². The highest BCUT2D eigenvalue weighted by Crippen LogP contribution is 2.21. The molecule has 25 heavy (non-hydrogen) atoms. The fourth-order valence-electron chi connectivity index (χ4n) is 3.37. The zero-order valence-electron chi connectivity index (χ0n) is 15.4. The number of carbonyl (C=O) groups is 1. The topological polar surface area (TPSA) is 35.6 Å². The van der Waals surface area contributed by atoms with Crippen molar-refractivity contribution in [2.24, 2.45) is 5.92 Å². The van der Waals surface area contributed by atoms with Crippen LogP contribution in [0.1, 0.15) is 33.6 Å². The Kier molecular flexibility index (Phi) is 7.32. The molecule has 0 bridgehead atoms. The molecule has 1 aliphatic rings. The quantitative estimate of drug-likeness (QED) is 0.817. The highest BCUT2D eigenvalue weighted by atomic mass is 19.1. The number of piperidine rings is 1. The molecule has 0 aliphatic carbocycles. The molecule has 1 aromatic rings. The van der Waals surface area contributed by atoms with Crippen molar-refractivity contribution in [2.45, 2.75) is 39.7 Å². The zero-order valence-corrected chi connectivity index (χ0v) is 15.4. The Bertz CT molecular complexity index is 570. The van der Waals surface area contributed by atoms with E-state index in [1.165, 1.54) is 0 Å². The van der Waals surface area contributed by atoms with Gasteiger partial charge in [0.15, 0.2) is 0 Å². The summed E-state index contributed by atoms with van der Waals surface area (Å²) in [6.07, 6.45) is 2.12. The number of amides is 1. The van der Waals surface area contributed by atoms with Crippen LogP contribution in [0.3, 0.4) is 0 Å². The Morgan fingerprint density at radius 3 is 2.52 bits per heavy atom. The van der Waals surface area contributed by atoms with Crippen LogP contribution in [0.2, 0.25) is 0 Å². The molecule has 0 radical (unpaired) electrons. The lowest BCUT2D eigenvalue weighted by molar-refractivity contribution is -0.121. The molecule has 1 unspecified atom stereocenters. The molecule has 1 aromatic carbocycles. The molecule has 1 atom stereocenters. The molecule has 1 amide bonds. The number of nitrogens with one attached hydrogen (secondary N) is 1. The highest BCUT2D eigenvalue weighted by Gasteiger charge is 2.27. The maximum Gasteiger partial charge on any atom is 0.241 e. The van der Waals surface area contributed by atoms with Gasteiger partial charge in [-0.1, -0.05) is 13.8 Å². The third-order valence-electron chi connectivity index (χ3n) is 5.17. The van der Waals surface area contributed by atoms with Crippen LogP contribution in [0.25, 0.3) is 0 Å². The van der Waals surface area contributed by atoms with Gasteiger partial charge in [0.05, 0.1) is 11.7 Å². The maximum atomic E-state index is 13.7. The third kappa shape index (κ3) is 5.47. The minimum Gasteiger partial charge on any atom is -0.322 e. The van der Waals surface area contributed by atoms with Gasteiger partial charge in [0, 0.05) is 12.6 Å². The summed E-state index contributed by atoms with van der Waals surface area (Å²) < 4.78 is 26.9. The summed E-state index contributed by atoms with van der Waals surface area (Å²) in [5, 5.41) is 2.51. The first-order valence-corrected chi connectivity index (χ1v) is 9.16. The smallest absolute Gasteiger partial charge is 0.241 e. The second-order valence-corrected chi connectivity index (χ2v) is 6.75. The molecule has 1 fully saturated rings. The number of nitrogens with zero attached hydrogens (tertiary/aromatic N) is 2. The molecular weight excluding hydrogens is 324 g/mol. The minimum absolute atomic E-state index is 0.103. The van der Waals surface area contributed by atoms with E-state index in [1.807, 2.05) is 6.92 Å². The van der Waals surface area contributed by atoms with Gasteiger partial charge in [0.25, 0.3) is 0 Å². The van der Waals surface area contributed by atoms with Crippen LogP contribution in [-0.4, -0.2) is 54.5 Å². The van der Waals surface area contributed by atoms with E-state index >= 15 is 0 Å². The van der Waals surface area contributed by atoms with Gasteiger partial charge in [0.2, 0.25) is 5.91 Å². The number of rotatable bonds is 7. The molecule has 0 aromatic heterocycles. The number of hydrogen-bond donors (Lipinski definition) is 1. The Labute approximate surface area is 149 Å². The normalized spacial score (nSPS) is 17.7. The number of hydrogen-bond acceptors (Lipinski definition) is 3. The maximum absolute atomic E-state index is 13.7. The Balaban J connectivity index is 1.86. The fourth-order valence-corrected chi connectivity index (χ4v) is 3.37. The lowest BCUT2D eigenvalue weighted by Crippen LogP contribution is -2.47.